The maximum Gasteiger partial charge on any atom is 0.247 e. The van der Waals surface area contributed by atoms with Crippen LogP contribution in [0.25, 0.3) is 0 Å². The third kappa shape index (κ3) is 3.17. The molecule has 27 heavy (non-hydrogen) atoms. The van der Waals surface area contributed by atoms with Gasteiger partial charge in [0.05, 0.1) is 11.4 Å². The molecule has 3 atom stereocenters. The summed E-state index contributed by atoms with van der Waals surface area (Å²) in [7, 11) is -3.58. The van der Waals surface area contributed by atoms with Gasteiger partial charge in [0.1, 0.15) is 23.0 Å². The van der Waals surface area contributed by atoms with Crippen LogP contribution in [0.2, 0.25) is 0 Å². The number of nitrogens with one attached hydrogen (secondary N) is 1. The van der Waals surface area contributed by atoms with Crippen molar-refractivity contribution in [2.24, 2.45) is 0 Å². The number of carbonyl (C=O) groups excluding carboxylic acids is 1. The molecule has 1 aromatic carbocycles. The first kappa shape index (κ1) is 18.2. The van der Waals surface area contributed by atoms with Crippen LogP contribution in [-0.2, 0) is 10.0 Å². The number of carbonyl (C=O) groups is 1. The standard InChI is InChI=1S/C19H23N3O4S/c1-12-19(13(2)21-20-12)27(24,25)22-15-5-6-16(22)10-18(9-15)26-17-7-3-14(11-23)4-8-17/h3-4,7-8,11,15-16,18H,5-6,9-10H2,1-2H3,(H,20,21)/t15-,16+,18?. The number of ether oxygens (including phenoxy) is 1. The molecule has 3 heterocycles. The Morgan fingerprint density at radius 3 is 2.30 bits per heavy atom. The molecule has 4 rings (SSSR count). The molecule has 2 fully saturated rings. The number of aldehydes is 1. The molecule has 144 valence electrons. The number of rotatable bonds is 5. The Bertz CT molecular complexity index is 918. The van der Waals surface area contributed by atoms with Crippen molar-refractivity contribution in [3.05, 3.63) is 41.2 Å². The number of piperidine rings is 1. The molecule has 0 spiro atoms. The van der Waals surface area contributed by atoms with Gasteiger partial charge in [0.2, 0.25) is 10.0 Å². The highest BCUT2D eigenvalue weighted by molar-refractivity contribution is 7.89. The molecule has 0 aliphatic carbocycles. The molecule has 1 unspecified atom stereocenters. The van der Waals surface area contributed by atoms with Gasteiger partial charge in [-0.3, -0.25) is 9.89 Å². The molecule has 1 aromatic heterocycles. The van der Waals surface area contributed by atoms with Crippen LogP contribution in [0.3, 0.4) is 0 Å². The molecule has 0 radical (unpaired) electrons. The number of fused-ring (bicyclic) bond motifs is 2. The third-order valence-electron chi connectivity index (χ3n) is 5.54. The highest BCUT2D eigenvalue weighted by Gasteiger charge is 2.48. The monoisotopic (exact) mass is 389 g/mol. The summed E-state index contributed by atoms with van der Waals surface area (Å²) < 4.78 is 34.3. The van der Waals surface area contributed by atoms with E-state index in [1.54, 1.807) is 42.4 Å². The lowest BCUT2D eigenvalue weighted by Gasteiger charge is -2.37. The van der Waals surface area contributed by atoms with Crippen LogP contribution < -0.4 is 4.74 Å². The van der Waals surface area contributed by atoms with Gasteiger partial charge in [-0.1, -0.05) is 0 Å². The molecule has 2 saturated heterocycles. The molecule has 2 bridgehead atoms. The lowest BCUT2D eigenvalue weighted by Crippen LogP contribution is -2.49. The quantitative estimate of drug-likeness (QED) is 0.794. The van der Waals surface area contributed by atoms with Crippen molar-refractivity contribution < 1.29 is 17.9 Å². The minimum atomic E-state index is -3.58. The second-order valence-corrected chi connectivity index (χ2v) is 9.16. The van der Waals surface area contributed by atoms with Gasteiger partial charge in [0.15, 0.2) is 0 Å². The summed E-state index contributed by atoms with van der Waals surface area (Å²) in [6.45, 7) is 3.46. The number of hydrogen-bond donors (Lipinski definition) is 1. The number of hydrogen-bond acceptors (Lipinski definition) is 5. The van der Waals surface area contributed by atoms with Gasteiger partial charge in [-0.2, -0.15) is 9.40 Å². The van der Waals surface area contributed by atoms with E-state index >= 15 is 0 Å². The van der Waals surface area contributed by atoms with E-state index in [9.17, 15) is 13.2 Å². The average Bonchev–Trinajstić information content (AvgIpc) is 3.13. The van der Waals surface area contributed by atoms with Crippen molar-refractivity contribution >= 4 is 16.3 Å². The van der Waals surface area contributed by atoms with Gasteiger partial charge in [-0.05, 0) is 51.0 Å². The number of aromatic amines is 1. The molecule has 0 saturated carbocycles. The average molecular weight is 389 g/mol. The van der Waals surface area contributed by atoms with E-state index < -0.39 is 10.0 Å². The third-order valence-corrected chi connectivity index (χ3v) is 7.81. The van der Waals surface area contributed by atoms with Crippen molar-refractivity contribution in [3.63, 3.8) is 0 Å². The number of nitrogens with zero attached hydrogens (tertiary/aromatic N) is 2. The minimum Gasteiger partial charge on any atom is -0.490 e. The zero-order valence-electron chi connectivity index (χ0n) is 15.4. The van der Waals surface area contributed by atoms with Crippen LogP contribution in [0.5, 0.6) is 5.75 Å². The van der Waals surface area contributed by atoms with Crippen molar-refractivity contribution in [1.29, 1.82) is 0 Å². The van der Waals surface area contributed by atoms with E-state index in [0.717, 1.165) is 19.1 Å². The summed E-state index contributed by atoms with van der Waals surface area (Å²) in [4.78, 5) is 11.1. The Kier molecular flexibility index (Phi) is 4.55. The first-order valence-electron chi connectivity index (χ1n) is 9.17. The molecular weight excluding hydrogens is 366 g/mol. The maximum absolute atomic E-state index is 13.3. The number of H-pyrrole nitrogens is 1. The highest BCUT2D eigenvalue weighted by Crippen LogP contribution is 2.41. The van der Waals surface area contributed by atoms with Gasteiger partial charge >= 0.3 is 0 Å². The molecule has 7 nitrogen and oxygen atoms in total. The van der Waals surface area contributed by atoms with Crippen molar-refractivity contribution in [1.82, 2.24) is 14.5 Å². The molecule has 8 heteroatoms. The summed E-state index contributed by atoms with van der Waals surface area (Å²) >= 11 is 0. The van der Waals surface area contributed by atoms with Crippen LogP contribution >= 0.6 is 0 Å². The van der Waals surface area contributed by atoms with Gasteiger partial charge in [0, 0.05) is 30.5 Å². The topological polar surface area (TPSA) is 92.4 Å². The zero-order chi connectivity index (χ0) is 19.2. The fourth-order valence-electron chi connectivity index (χ4n) is 4.42. The van der Waals surface area contributed by atoms with Crippen molar-refractivity contribution in [3.8, 4) is 5.75 Å². The molecule has 2 aliphatic heterocycles. The van der Waals surface area contributed by atoms with E-state index in [-0.39, 0.29) is 18.2 Å². The molecule has 1 N–H and O–H groups in total. The Labute approximate surface area is 158 Å². The Hall–Kier alpha value is -2.19. The van der Waals surface area contributed by atoms with Crippen LogP contribution in [0.1, 0.15) is 47.4 Å². The van der Waals surface area contributed by atoms with Crippen molar-refractivity contribution in [2.45, 2.75) is 62.6 Å². The molecule has 2 aliphatic rings. The van der Waals surface area contributed by atoms with Crippen LogP contribution in [0.4, 0.5) is 0 Å². The largest absolute Gasteiger partial charge is 0.490 e. The predicted octanol–water partition coefficient (Wildman–Crippen LogP) is 2.60. The van der Waals surface area contributed by atoms with Crippen LogP contribution in [0.15, 0.2) is 29.2 Å². The zero-order valence-corrected chi connectivity index (χ0v) is 16.2. The van der Waals surface area contributed by atoms with Crippen LogP contribution in [0, 0.1) is 13.8 Å². The minimum absolute atomic E-state index is 0.0254. The summed E-state index contributed by atoms with van der Waals surface area (Å²) in [5, 5.41) is 6.83. The number of benzene rings is 1. The van der Waals surface area contributed by atoms with Gasteiger partial charge < -0.3 is 4.74 Å². The smallest absolute Gasteiger partial charge is 0.247 e. The predicted molar refractivity (Wildman–Crippen MR) is 99.4 cm³/mol. The number of sulfonamides is 1. The van der Waals surface area contributed by atoms with E-state index in [1.807, 2.05) is 0 Å². The SMILES string of the molecule is Cc1n[nH]c(C)c1S(=O)(=O)N1[C@@H]2CC[C@H]1CC(Oc1ccc(C=O)cc1)C2. The Balaban J connectivity index is 1.53. The maximum atomic E-state index is 13.3. The first-order chi connectivity index (χ1) is 12.9. The summed E-state index contributed by atoms with van der Waals surface area (Å²) in [6.07, 6.45) is 3.81. The van der Waals surface area contributed by atoms with Gasteiger partial charge in [-0.25, -0.2) is 8.42 Å². The first-order valence-corrected chi connectivity index (χ1v) is 10.6. The van der Waals surface area contributed by atoms with Crippen molar-refractivity contribution in [2.75, 3.05) is 0 Å². The molecule has 0 amide bonds. The lowest BCUT2D eigenvalue weighted by atomic mass is 10.0. The lowest BCUT2D eigenvalue weighted by molar-refractivity contribution is 0.0956. The fourth-order valence-corrected chi connectivity index (χ4v) is 6.65. The number of aryl methyl sites for hydroxylation is 2. The number of aromatic nitrogens is 2. The van der Waals surface area contributed by atoms with E-state index in [1.165, 1.54) is 0 Å². The van der Waals surface area contributed by atoms with Gasteiger partial charge in [0.25, 0.3) is 0 Å². The Morgan fingerprint density at radius 2 is 1.78 bits per heavy atom. The Morgan fingerprint density at radius 1 is 1.15 bits per heavy atom. The van der Waals surface area contributed by atoms with Crippen LogP contribution in [-0.4, -0.2) is 47.4 Å². The highest BCUT2D eigenvalue weighted by atomic mass is 32.2. The normalized spacial score (nSPS) is 25.5. The van der Waals surface area contributed by atoms with Gasteiger partial charge in [-0.15, -0.1) is 0 Å². The van der Waals surface area contributed by atoms with E-state index in [4.69, 9.17) is 4.74 Å². The second kappa shape index (κ2) is 6.76. The molecular formula is C19H23N3O4S. The summed E-state index contributed by atoms with van der Waals surface area (Å²) in [6, 6.07) is 6.91. The van der Waals surface area contributed by atoms with E-state index in [0.29, 0.717) is 40.4 Å². The second-order valence-electron chi connectivity index (χ2n) is 7.38. The molecule has 2 aromatic rings. The fraction of sp³-hybridized carbons (Fsp3) is 0.474. The summed E-state index contributed by atoms with van der Waals surface area (Å²) in [5.74, 6) is 0.711. The van der Waals surface area contributed by atoms with E-state index in [2.05, 4.69) is 10.2 Å². The summed E-state index contributed by atoms with van der Waals surface area (Å²) in [5.41, 5.74) is 1.70.